The van der Waals surface area contributed by atoms with Crippen molar-refractivity contribution < 1.29 is 9.15 Å². The normalized spacial score (nSPS) is 11.7. The van der Waals surface area contributed by atoms with Gasteiger partial charge in [-0.2, -0.15) is 0 Å². The molecule has 2 rings (SSSR count). The maximum atomic E-state index is 6.11. The summed E-state index contributed by atoms with van der Waals surface area (Å²) >= 11 is 9.51. The van der Waals surface area contributed by atoms with Crippen LogP contribution in [0.15, 0.2) is 39.4 Å². The van der Waals surface area contributed by atoms with Crippen LogP contribution in [0, 0.1) is 0 Å². The molecule has 0 atom stereocenters. The molecule has 0 bridgehead atoms. The predicted octanol–water partition coefficient (Wildman–Crippen LogP) is 5.16. The Balaban J connectivity index is 2.01. The summed E-state index contributed by atoms with van der Waals surface area (Å²) < 4.78 is 12.2. The zero-order valence-corrected chi connectivity index (χ0v) is 14.7. The first-order valence-electron chi connectivity index (χ1n) is 6.73. The fourth-order valence-electron chi connectivity index (χ4n) is 1.74. The molecule has 2 aromatic rings. The lowest BCUT2D eigenvalue weighted by atomic mass is 10.1. The van der Waals surface area contributed by atoms with Crippen molar-refractivity contribution in [3.63, 3.8) is 0 Å². The molecule has 0 radical (unpaired) electrons. The predicted molar refractivity (Wildman–Crippen MR) is 88.8 cm³/mol. The van der Waals surface area contributed by atoms with E-state index in [1.54, 1.807) is 12.3 Å². The standard InChI is InChI=1S/C16H19BrClNO2/c1-16(2,3)19-9-11-6-7-20-15(11)10-21-14-8-12(17)4-5-13(14)18/h4-8,19H,9-10H2,1-3H3. The molecular weight excluding hydrogens is 354 g/mol. The van der Waals surface area contributed by atoms with E-state index in [1.165, 1.54) is 0 Å². The highest BCUT2D eigenvalue weighted by atomic mass is 79.9. The first-order valence-corrected chi connectivity index (χ1v) is 7.90. The summed E-state index contributed by atoms with van der Waals surface area (Å²) in [5, 5.41) is 4.02. The van der Waals surface area contributed by atoms with Crippen molar-refractivity contribution in [3.05, 3.63) is 51.3 Å². The molecule has 21 heavy (non-hydrogen) atoms. The van der Waals surface area contributed by atoms with Crippen molar-refractivity contribution >= 4 is 27.5 Å². The van der Waals surface area contributed by atoms with Gasteiger partial charge in [0, 0.05) is 22.1 Å². The summed E-state index contributed by atoms with van der Waals surface area (Å²) in [4.78, 5) is 0. The van der Waals surface area contributed by atoms with E-state index in [1.807, 2.05) is 18.2 Å². The number of hydrogen-bond acceptors (Lipinski definition) is 3. The molecule has 5 heteroatoms. The number of halogens is 2. The summed E-state index contributed by atoms with van der Waals surface area (Å²) in [5.74, 6) is 1.44. The number of nitrogens with one attached hydrogen (secondary N) is 1. The van der Waals surface area contributed by atoms with Gasteiger partial charge in [0.25, 0.3) is 0 Å². The molecule has 0 saturated heterocycles. The molecule has 0 unspecified atom stereocenters. The van der Waals surface area contributed by atoms with Gasteiger partial charge < -0.3 is 14.5 Å². The minimum atomic E-state index is 0.0585. The van der Waals surface area contributed by atoms with Crippen molar-refractivity contribution in [1.29, 1.82) is 0 Å². The Bertz CT molecular complexity index is 605. The van der Waals surface area contributed by atoms with Gasteiger partial charge in [-0.25, -0.2) is 0 Å². The first-order chi connectivity index (χ1) is 9.85. The molecule has 0 spiro atoms. The SMILES string of the molecule is CC(C)(C)NCc1ccoc1COc1cc(Br)ccc1Cl. The number of furan rings is 1. The fourth-order valence-corrected chi connectivity index (χ4v) is 2.25. The van der Waals surface area contributed by atoms with E-state index in [0.29, 0.717) is 17.4 Å². The van der Waals surface area contributed by atoms with Crippen LogP contribution < -0.4 is 10.1 Å². The van der Waals surface area contributed by atoms with Gasteiger partial charge in [-0.1, -0.05) is 27.5 Å². The summed E-state index contributed by atoms with van der Waals surface area (Å²) in [6, 6.07) is 7.48. The van der Waals surface area contributed by atoms with Crippen LogP contribution >= 0.6 is 27.5 Å². The van der Waals surface area contributed by atoms with Gasteiger partial charge in [-0.05, 0) is 45.0 Å². The first kappa shape index (κ1) is 16.4. The van der Waals surface area contributed by atoms with Gasteiger partial charge in [0.15, 0.2) is 0 Å². The molecule has 1 heterocycles. The molecule has 0 amide bonds. The molecule has 0 saturated carbocycles. The van der Waals surface area contributed by atoms with Gasteiger partial charge in [0.05, 0.1) is 11.3 Å². The third kappa shape index (κ3) is 5.06. The maximum absolute atomic E-state index is 6.11. The summed E-state index contributed by atoms with van der Waals surface area (Å²) in [5.41, 5.74) is 1.15. The summed E-state index contributed by atoms with van der Waals surface area (Å²) in [6.45, 7) is 7.48. The highest BCUT2D eigenvalue weighted by Crippen LogP contribution is 2.29. The van der Waals surface area contributed by atoms with E-state index in [2.05, 4.69) is 42.0 Å². The molecule has 1 aromatic heterocycles. The Hall–Kier alpha value is -0.970. The second kappa shape index (κ2) is 6.86. The van der Waals surface area contributed by atoms with E-state index in [0.717, 1.165) is 22.3 Å². The molecule has 1 aromatic carbocycles. The van der Waals surface area contributed by atoms with E-state index < -0.39 is 0 Å². The number of benzene rings is 1. The van der Waals surface area contributed by atoms with Gasteiger partial charge in [-0.15, -0.1) is 0 Å². The van der Waals surface area contributed by atoms with Gasteiger partial charge in [-0.3, -0.25) is 0 Å². The van der Waals surface area contributed by atoms with E-state index >= 15 is 0 Å². The molecular formula is C16H19BrClNO2. The van der Waals surface area contributed by atoms with Crippen molar-refractivity contribution in [1.82, 2.24) is 5.32 Å². The highest BCUT2D eigenvalue weighted by Gasteiger charge is 2.13. The number of hydrogen-bond donors (Lipinski definition) is 1. The van der Waals surface area contributed by atoms with E-state index in [9.17, 15) is 0 Å². The van der Waals surface area contributed by atoms with Crippen molar-refractivity contribution in [2.45, 2.75) is 39.5 Å². The van der Waals surface area contributed by atoms with Gasteiger partial charge in [0.2, 0.25) is 0 Å². The summed E-state index contributed by atoms with van der Waals surface area (Å²) in [6.07, 6.45) is 1.68. The van der Waals surface area contributed by atoms with Crippen molar-refractivity contribution in [2.24, 2.45) is 0 Å². The van der Waals surface area contributed by atoms with E-state index in [4.69, 9.17) is 20.8 Å². The van der Waals surface area contributed by atoms with Crippen LogP contribution in [-0.2, 0) is 13.2 Å². The van der Waals surface area contributed by atoms with Crippen LogP contribution in [0.1, 0.15) is 32.1 Å². The van der Waals surface area contributed by atoms with Crippen LogP contribution in [0.2, 0.25) is 5.02 Å². The quantitative estimate of drug-likeness (QED) is 0.787. The maximum Gasteiger partial charge on any atom is 0.146 e. The Kier molecular flexibility index (Phi) is 5.36. The van der Waals surface area contributed by atoms with Gasteiger partial charge in [0.1, 0.15) is 18.1 Å². The average Bonchev–Trinajstić information content (AvgIpc) is 2.84. The topological polar surface area (TPSA) is 34.4 Å². The average molecular weight is 373 g/mol. The Morgan fingerprint density at radius 3 is 2.76 bits per heavy atom. The second-order valence-corrected chi connectivity index (χ2v) is 7.16. The lowest BCUT2D eigenvalue weighted by molar-refractivity contribution is 0.267. The zero-order chi connectivity index (χ0) is 15.5. The molecule has 1 N–H and O–H groups in total. The third-order valence-electron chi connectivity index (χ3n) is 2.90. The van der Waals surface area contributed by atoms with E-state index in [-0.39, 0.29) is 5.54 Å². The smallest absolute Gasteiger partial charge is 0.146 e. The number of ether oxygens (including phenoxy) is 1. The monoisotopic (exact) mass is 371 g/mol. The minimum Gasteiger partial charge on any atom is -0.484 e. The van der Waals surface area contributed by atoms with Crippen LogP contribution in [0.25, 0.3) is 0 Å². The van der Waals surface area contributed by atoms with Gasteiger partial charge >= 0.3 is 0 Å². The Morgan fingerprint density at radius 1 is 1.29 bits per heavy atom. The fraction of sp³-hybridized carbons (Fsp3) is 0.375. The second-order valence-electron chi connectivity index (χ2n) is 5.84. The van der Waals surface area contributed by atoms with Crippen LogP contribution in [0.5, 0.6) is 5.75 Å². The lowest BCUT2D eigenvalue weighted by Crippen LogP contribution is -2.35. The van der Waals surface area contributed by atoms with Crippen molar-refractivity contribution in [2.75, 3.05) is 0 Å². The third-order valence-corrected chi connectivity index (χ3v) is 3.70. The molecule has 3 nitrogen and oxygen atoms in total. The Morgan fingerprint density at radius 2 is 2.05 bits per heavy atom. The minimum absolute atomic E-state index is 0.0585. The molecule has 0 aliphatic rings. The number of rotatable bonds is 5. The molecule has 0 aliphatic carbocycles. The molecule has 0 fully saturated rings. The molecule has 114 valence electrons. The van der Waals surface area contributed by atoms with Crippen LogP contribution in [0.3, 0.4) is 0 Å². The summed E-state index contributed by atoms with van der Waals surface area (Å²) in [7, 11) is 0. The van der Waals surface area contributed by atoms with Crippen LogP contribution in [0.4, 0.5) is 0 Å². The largest absolute Gasteiger partial charge is 0.484 e. The lowest BCUT2D eigenvalue weighted by Gasteiger charge is -2.20. The van der Waals surface area contributed by atoms with Crippen molar-refractivity contribution in [3.8, 4) is 5.75 Å². The molecule has 0 aliphatic heterocycles. The Labute approximate surface area is 138 Å². The van der Waals surface area contributed by atoms with Crippen LogP contribution in [-0.4, -0.2) is 5.54 Å². The highest BCUT2D eigenvalue weighted by molar-refractivity contribution is 9.10. The zero-order valence-electron chi connectivity index (χ0n) is 12.4.